The van der Waals surface area contributed by atoms with Crippen LogP contribution in [0.15, 0.2) is 42.5 Å². The molecule has 0 aliphatic rings. The van der Waals surface area contributed by atoms with Crippen LogP contribution in [0, 0.1) is 10.1 Å². The number of benzene rings is 2. The van der Waals surface area contributed by atoms with Gasteiger partial charge in [0.2, 0.25) is 0 Å². The minimum atomic E-state index is -4.93. The number of esters is 1. The number of carbonyl (C=O) groups excluding carboxylic acids is 1. The number of H-pyrrole nitrogens is 1. The van der Waals surface area contributed by atoms with Gasteiger partial charge in [-0.15, -0.1) is 0 Å². The summed E-state index contributed by atoms with van der Waals surface area (Å²) in [5.41, 5.74) is -4.14. The van der Waals surface area contributed by atoms with E-state index < -0.39 is 40.5 Å². The van der Waals surface area contributed by atoms with Crippen molar-refractivity contribution in [1.29, 1.82) is 0 Å². The van der Waals surface area contributed by atoms with Gasteiger partial charge in [0, 0.05) is 17.0 Å². The van der Waals surface area contributed by atoms with Crippen molar-refractivity contribution in [2.45, 2.75) is 18.7 Å². The monoisotopic (exact) mass is 438 g/mol. The summed E-state index contributed by atoms with van der Waals surface area (Å²) in [6.07, 6.45) is -4.93. The molecule has 0 saturated carbocycles. The molecule has 11 heteroatoms. The van der Waals surface area contributed by atoms with Crippen molar-refractivity contribution in [2.75, 3.05) is 13.7 Å². The Kier molecular flexibility index (Phi) is 5.64. The highest BCUT2D eigenvalue weighted by molar-refractivity contribution is 5.89. The lowest BCUT2D eigenvalue weighted by Crippen LogP contribution is -2.29. The Bertz CT molecular complexity index is 1140. The van der Waals surface area contributed by atoms with E-state index in [0.717, 1.165) is 6.07 Å². The van der Waals surface area contributed by atoms with E-state index in [1.54, 1.807) is 12.1 Å². The van der Waals surface area contributed by atoms with Crippen LogP contribution in [-0.2, 0) is 16.5 Å². The van der Waals surface area contributed by atoms with Crippen molar-refractivity contribution < 1.29 is 37.5 Å². The summed E-state index contributed by atoms with van der Waals surface area (Å²) in [5, 5.41) is 21.8. The predicted octanol–water partition coefficient (Wildman–Crippen LogP) is 4.17. The number of carbonyl (C=O) groups is 1. The van der Waals surface area contributed by atoms with Crippen molar-refractivity contribution in [1.82, 2.24) is 4.98 Å². The number of aromatic nitrogens is 1. The summed E-state index contributed by atoms with van der Waals surface area (Å²) in [7, 11) is 1.47. The molecule has 1 atom stereocenters. The van der Waals surface area contributed by atoms with Gasteiger partial charge in [-0.1, -0.05) is 0 Å². The molecule has 0 bridgehead atoms. The topological polar surface area (TPSA) is 115 Å². The van der Waals surface area contributed by atoms with E-state index in [9.17, 15) is 33.2 Å². The molecule has 164 valence electrons. The lowest BCUT2D eigenvalue weighted by atomic mass is 10.0. The van der Waals surface area contributed by atoms with Gasteiger partial charge in [-0.3, -0.25) is 10.1 Å². The van der Waals surface area contributed by atoms with Gasteiger partial charge in [0.05, 0.1) is 23.3 Å². The highest BCUT2D eigenvalue weighted by atomic mass is 19.4. The molecule has 0 amide bonds. The number of aliphatic hydroxyl groups is 1. The highest BCUT2D eigenvalue weighted by Gasteiger charge is 2.39. The first-order valence-electron chi connectivity index (χ1n) is 8.85. The van der Waals surface area contributed by atoms with Crippen LogP contribution in [0.2, 0.25) is 0 Å². The fourth-order valence-electron chi connectivity index (χ4n) is 2.93. The highest BCUT2D eigenvalue weighted by Crippen LogP contribution is 2.39. The number of aromatic amines is 1. The summed E-state index contributed by atoms with van der Waals surface area (Å²) in [5.74, 6) is -0.192. The number of hydrogen-bond donors (Lipinski definition) is 2. The van der Waals surface area contributed by atoms with Gasteiger partial charge < -0.3 is 19.6 Å². The third-order valence-electron chi connectivity index (χ3n) is 4.63. The molecule has 0 fully saturated rings. The Hall–Kier alpha value is -3.60. The van der Waals surface area contributed by atoms with Gasteiger partial charge in [0.25, 0.3) is 5.69 Å². The molecule has 0 radical (unpaired) electrons. The van der Waals surface area contributed by atoms with E-state index in [1.165, 1.54) is 32.2 Å². The van der Waals surface area contributed by atoms with Crippen LogP contribution in [0.4, 0.5) is 18.9 Å². The van der Waals surface area contributed by atoms with E-state index >= 15 is 0 Å². The van der Waals surface area contributed by atoms with E-state index in [2.05, 4.69) is 4.98 Å². The minimum absolute atomic E-state index is 0.0265. The molecule has 0 saturated heterocycles. The number of nitro groups is 1. The van der Waals surface area contributed by atoms with Gasteiger partial charge in [-0.2, -0.15) is 13.2 Å². The molecule has 3 rings (SSSR count). The molecular weight excluding hydrogens is 421 g/mol. The third kappa shape index (κ3) is 4.61. The lowest BCUT2D eigenvalue weighted by Gasteiger charge is -2.21. The van der Waals surface area contributed by atoms with Crippen LogP contribution in [0.3, 0.4) is 0 Å². The summed E-state index contributed by atoms with van der Waals surface area (Å²) < 4.78 is 49.6. The van der Waals surface area contributed by atoms with E-state index in [0.29, 0.717) is 11.8 Å². The summed E-state index contributed by atoms with van der Waals surface area (Å²) in [6.45, 7) is 0.775. The summed E-state index contributed by atoms with van der Waals surface area (Å²) in [6, 6.07) is 8.69. The fourth-order valence-corrected chi connectivity index (χ4v) is 2.93. The number of nitro benzene ring substituents is 1. The summed E-state index contributed by atoms with van der Waals surface area (Å²) in [4.78, 5) is 24.7. The van der Waals surface area contributed by atoms with Crippen molar-refractivity contribution in [3.8, 4) is 5.75 Å². The molecule has 0 aliphatic heterocycles. The van der Waals surface area contributed by atoms with Gasteiger partial charge in [-0.25, -0.2) is 4.79 Å². The van der Waals surface area contributed by atoms with Crippen LogP contribution < -0.4 is 4.74 Å². The first kappa shape index (κ1) is 22.1. The molecular formula is C20H17F3N2O6. The minimum Gasteiger partial charge on any atom is -0.497 e. The summed E-state index contributed by atoms with van der Waals surface area (Å²) >= 11 is 0. The zero-order chi connectivity index (χ0) is 23.0. The maximum atomic E-state index is 13.2. The predicted molar refractivity (Wildman–Crippen MR) is 103 cm³/mol. The first-order chi connectivity index (χ1) is 14.4. The van der Waals surface area contributed by atoms with Gasteiger partial charge in [0.15, 0.2) is 0 Å². The SMILES string of the molecule is COc1ccc(C(=O)OCC(C)(O)c2cc3cc([N+](=O)[O-])c(C(F)(F)F)cc3[nH]2)cc1. The second-order valence-corrected chi connectivity index (χ2v) is 6.97. The van der Waals surface area contributed by atoms with Crippen LogP contribution in [0.1, 0.15) is 28.5 Å². The Morgan fingerprint density at radius 1 is 1.19 bits per heavy atom. The van der Waals surface area contributed by atoms with E-state index in [4.69, 9.17) is 9.47 Å². The number of ether oxygens (including phenoxy) is 2. The molecule has 31 heavy (non-hydrogen) atoms. The number of methoxy groups -OCH3 is 1. The number of fused-ring (bicyclic) bond motifs is 1. The molecule has 1 unspecified atom stereocenters. The van der Waals surface area contributed by atoms with Crippen molar-refractivity contribution >= 4 is 22.6 Å². The molecule has 2 aromatic carbocycles. The number of hydrogen-bond acceptors (Lipinski definition) is 6. The molecule has 1 aromatic heterocycles. The zero-order valence-electron chi connectivity index (χ0n) is 16.3. The van der Waals surface area contributed by atoms with Crippen LogP contribution >= 0.6 is 0 Å². The van der Waals surface area contributed by atoms with Crippen LogP contribution in [0.25, 0.3) is 10.9 Å². The van der Waals surface area contributed by atoms with Gasteiger partial charge in [-0.05, 0) is 43.3 Å². The second-order valence-electron chi connectivity index (χ2n) is 6.97. The number of nitrogens with one attached hydrogen (secondary N) is 1. The number of rotatable bonds is 6. The molecule has 0 aliphatic carbocycles. The quantitative estimate of drug-likeness (QED) is 0.339. The second kappa shape index (κ2) is 7.91. The fraction of sp³-hybridized carbons (Fsp3) is 0.250. The number of alkyl halides is 3. The van der Waals surface area contributed by atoms with Crippen LogP contribution in [-0.4, -0.2) is 34.7 Å². The molecule has 8 nitrogen and oxygen atoms in total. The Balaban J connectivity index is 1.85. The van der Waals surface area contributed by atoms with Gasteiger partial charge >= 0.3 is 12.1 Å². The van der Waals surface area contributed by atoms with E-state index in [1.807, 2.05) is 0 Å². The average Bonchev–Trinajstić information content (AvgIpc) is 3.15. The molecule has 1 heterocycles. The third-order valence-corrected chi connectivity index (χ3v) is 4.63. The standard InChI is InChI=1S/C20H17F3N2O6/c1-19(27,10-31-18(26)11-3-5-13(30-2)6-4-11)17-8-12-7-16(25(28)29)14(20(21,22)23)9-15(12)24-17/h3-9,24,27H,10H2,1-2H3. The molecule has 2 N–H and O–H groups in total. The van der Waals surface area contributed by atoms with Crippen molar-refractivity contribution in [3.63, 3.8) is 0 Å². The van der Waals surface area contributed by atoms with Crippen molar-refractivity contribution in [3.05, 3.63) is 69.4 Å². The number of nitrogens with zero attached hydrogens (tertiary/aromatic N) is 1. The maximum Gasteiger partial charge on any atom is 0.423 e. The van der Waals surface area contributed by atoms with Gasteiger partial charge in [0.1, 0.15) is 23.5 Å². The Morgan fingerprint density at radius 3 is 2.39 bits per heavy atom. The van der Waals surface area contributed by atoms with Crippen LogP contribution in [0.5, 0.6) is 5.75 Å². The molecule has 3 aromatic rings. The Labute approximate surface area is 173 Å². The average molecular weight is 438 g/mol. The first-order valence-corrected chi connectivity index (χ1v) is 8.85. The normalized spacial score (nSPS) is 13.6. The maximum absolute atomic E-state index is 13.2. The van der Waals surface area contributed by atoms with E-state index in [-0.39, 0.29) is 22.2 Å². The zero-order valence-corrected chi connectivity index (χ0v) is 16.3. The lowest BCUT2D eigenvalue weighted by molar-refractivity contribution is -0.387. The molecule has 0 spiro atoms. The smallest absolute Gasteiger partial charge is 0.423 e. The van der Waals surface area contributed by atoms with Crippen molar-refractivity contribution in [2.24, 2.45) is 0 Å². The largest absolute Gasteiger partial charge is 0.497 e. The Morgan fingerprint density at radius 2 is 1.84 bits per heavy atom. The number of halogens is 3.